The van der Waals surface area contributed by atoms with Crippen molar-refractivity contribution in [2.45, 2.75) is 0 Å². The molecule has 0 aromatic heterocycles. The molecule has 0 saturated carbocycles. The van der Waals surface area contributed by atoms with Gasteiger partial charge in [-0.2, -0.15) is 0 Å². The molecule has 0 heterocycles. The Kier molecular flexibility index (Phi) is 5.24. The lowest BCUT2D eigenvalue weighted by Crippen LogP contribution is -1.84. The number of benzene rings is 8. The molecule has 0 atom stereocenters. The third kappa shape index (κ3) is 3.85. The summed E-state index contributed by atoms with van der Waals surface area (Å²) in [4.78, 5) is 0. The smallest absolute Gasteiger partial charge is 0.00992 e. The zero-order valence-electron chi connectivity index (χ0n) is 22.0. The molecule has 0 fully saturated rings. The van der Waals surface area contributed by atoms with Crippen LogP contribution in [0.1, 0.15) is 0 Å². The molecule has 8 aromatic rings. The van der Waals surface area contributed by atoms with Crippen LogP contribution >= 0.6 is 0 Å². The molecule has 0 aliphatic carbocycles. The van der Waals surface area contributed by atoms with Crippen LogP contribution in [0.3, 0.4) is 0 Å². The van der Waals surface area contributed by atoms with Gasteiger partial charge in [-0.3, -0.25) is 0 Å². The van der Waals surface area contributed by atoms with Crippen molar-refractivity contribution in [3.05, 3.63) is 158 Å². The van der Waals surface area contributed by atoms with E-state index in [1.54, 1.807) is 0 Å². The van der Waals surface area contributed by atoms with Crippen LogP contribution in [-0.4, -0.2) is 0 Å². The molecule has 0 bridgehead atoms. The lowest BCUT2D eigenvalue weighted by molar-refractivity contribution is 1.59. The maximum Gasteiger partial charge on any atom is -0.00992 e. The fraction of sp³-hybridized carbons (Fsp3) is 0. The van der Waals surface area contributed by atoms with E-state index in [0.29, 0.717) is 0 Å². The molecular weight excluding hydrogens is 480 g/mol. The Labute approximate surface area is 233 Å². The summed E-state index contributed by atoms with van der Waals surface area (Å²) in [6.07, 6.45) is 0. The average molecular weight is 507 g/mol. The molecule has 0 aliphatic heterocycles. The molecule has 0 saturated heterocycles. The minimum atomic E-state index is 1.23. The highest BCUT2D eigenvalue weighted by Crippen LogP contribution is 2.33. The van der Waals surface area contributed by atoms with Crippen LogP contribution in [-0.2, 0) is 0 Å². The van der Waals surface area contributed by atoms with Gasteiger partial charge in [0.15, 0.2) is 0 Å². The average Bonchev–Trinajstić information content (AvgIpc) is 3.04. The fourth-order valence-corrected chi connectivity index (χ4v) is 6.07. The topological polar surface area (TPSA) is 0 Å². The van der Waals surface area contributed by atoms with Gasteiger partial charge >= 0.3 is 0 Å². The van der Waals surface area contributed by atoms with Gasteiger partial charge in [0, 0.05) is 0 Å². The van der Waals surface area contributed by atoms with E-state index >= 15 is 0 Å². The third-order valence-corrected chi connectivity index (χ3v) is 8.26. The molecule has 40 heavy (non-hydrogen) atoms. The van der Waals surface area contributed by atoms with Crippen molar-refractivity contribution in [1.29, 1.82) is 0 Å². The van der Waals surface area contributed by atoms with Gasteiger partial charge in [-0.05, 0) is 88.6 Å². The molecule has 0 unspecified atom stereocenters. The van der Waals surface area contributed by atoms with E-state index in [2.05, 4.69) is 158 Å². The van der Waals surface area contributed by atoms with E-state index < -0.39 is 0 Å². The van der Waals surface area contributed by atoms with Gasteiger partial charge in [-0.15, -0.1) is 0 Å². The Morgan fingerprint density at radius 1 is 0.200 bits per heavy atom. The molecule has 0 spiro atoms. The summed E-state index contributed by atoms with van der Waals surface area (Å²) in [5.74, 6) is 0. The third-order valence-electron chi connectivity index (χ3n) is 8.26. The van der Waals surface area contributed by atoms with Crippen LogP contribution in [0.25, 0.3) is 76.5 Å². The summed E-state index contributed by atoms with van der Waals surface area (Å²) < 4.78 is 0. The van der Waals surface area contributed by atoms with Crippen molar-refractivity contribution >= 4 is 43.1 Å². The molecule has 8 aromatic carbocycles. The first kappa shape index (κ1) is 22.8. The van der Waals surface area contributed by atoms with E-state index in [1.165, 1.54) is 76.5 Å². The zero-order valence-corrected chi connectivity index (χ0v) is 22.0. The van der Waals surface area contributed by atoms with Crippen LogP contribution in [0.2, 0.25) is 0 Å². The first-order valence-electron chi connectivity index (χ1n) is 13.8. The standard InChI is InChI=1S/C40H26/c1-3-7-37-31(5-1)17-19-33-21-23-35(25-39(33)37)29-13-9-27(10-14-29)28-11-15-30(16-12-28)36-24-22-34-20-18-32-6-2-4-8-38(32)40(34)26-36/h1-26H. The van der Waals surface area contributed by atoms with Crippen LogP contribution in [0.15, 0.2) is 158 Å². The van der Waals surface area contributed by atoms with Gasteiger partial charge in [-0.1, -0.05) is 146 Å². The molecule has 8 rings (SSSR count). The second kappa shape index (κ2) is 9.22. The maximum absolute atomic E-state index is 2.33. The summed E-state index contributed by atoms with van der Waals surface area (Å²) in [6.45, 7) is 0. The molecule has 0 N–H and O–H groups in total. The Balaban J connectivity index is 1.10. The molecule has 0 heteroatoms. The minimum Gasteiger partial charge on any atom is -0.0616 e. The van der Waals surface area contributed by atoms with E-state index in [4.69, 9.17) is 0 Å². The fourth-order valence-electron chi connectivity index (χ4n) is 6.07. The largest absolute Gasteiger partial charge is 0.0616 e. The van der Waals surface area contributed by atoms with Crippen molar-refractivity contribution in [3.8, 4) is 33.4 Å². The summed E-state index contributed by atoms with van der Waals surface area (Å²) in [5, 5.41) is 10.3. The number of hydrogen-bond donors (Lipinski definition) is 0. The summed E-state index contributed by atoms with van der Waals surface area (Å²) in [7, 11) is 0. The summed E-state index contributed by atoms with van der Waals surface area (Å²) >= 11 is 0. The maximum atomic E-state index is 2.33. The highest BCUT2D eigenvalue weighted by molar-refractivity contribution is 6.09. The van der Waals surface area contributed by atoms with Crippen molar-refractivity contribution in [2.24, 2.45) is 0 Å². The van der Waals surface area contributed by atoms with Crippen molar-refractivity contribution in [1.82, 2.24) is 0 Å². The van der Waals surface area contributed by atoms with Gasteiger partial charge in [0.25, 0.3) is 0 Å². The lowest BCUT2D eigenvalue weighted by atomic mass is 9.94. The van der Waals surface area contributed by atoms with Crippen molar-refractivity contribution in [2.75, 3.05) is 0 Å². The van der Waals surface area contributed by atoms with Crippen LogP contribution in [0.5, 0.6) is 0 Å². The minimum absolute atomic E-state index is 1.23. The van der Waals surface area contributed by atoms with Crippen LogP contribution < -0.4 is 0 Å². The van der Waals surface area contributed by atoms with Gasteiger partial charge in [0.2, 0.25) is 0 Å². The Morgan fingerprint density at radius 2 is 0.475 bits per heavy atom. The van der Waals surface area contributed by atoms with Crippen LogP contribution in [0.4, 0.5) is 0 Å². The summed E-state index contributed by atoms with van der Waals surface area (Å²) in [5.41, 5.74) is 7.42. The Bertz CT molecular complexity index is 2020. The quantitative estimate of drug-likeness (QED) is 0.209. The van der Waals surface area contributed by atoms with Gasteiger partial charge in [0.1, 0.15) is 0 Å². The molecule has 0 amide bonds. The summed E-state index contributed by atoms with van der Waals surface area (Å²) in [6, 6.07) is 57.6. The Hall–Kier alpha value is -5.20. The zero-order chi connectivity index (χ0) is 26.5. The molecule has 0 nitrogen and oxygen atoms in total. The molecular formula is C40H26. The second-order valence-electron chi connectivity index (χ2n) is 10.6. The predicted octanol–water partition coefficient (Wildman–Crippen LogP) is 11.3. The van der Waals surface area contributed by atoms with Crippen molar-refractivity contribution < 1.29 is 0 Å². The normalized spacial score (nSPS) is 11.5. The monoisotopic (exact) mass is 506 g/mol. The first-order chi connectivity index (χ1) is 19.8. The van der Waals surface area contributed by atoms with E-state index in [-0.39, 0.29) is 0 Å². The highest BCUT2D eigenvalue weighted by atomic mass is 14.1. The van der Waals surface area contributed by atoms with Crippen molar-refractivity contribution in [3.63, 3.8) is 0 Å². The number of hydrogen-bond acceptors (Lipinski definition) is 0. The van der Waals surface area contributed by atoms with Crippen LogP contribution in [0, 0.1) is 0 Å². The van der Waals surface area contributed by atoms with Gasteiger partial charge < -0.3 is 0 Å². The lowest BCUT2D eigenvalue weighted by Gasteiger charge is -2.10. The van der Waals surface area contributed by atoms with E-state index in [0.717, 1.165) is 0 Å². The van der Waals surface area contributed by atoms with E-state index in [9.17, 15) is 0 Å². The predicted molar refractivity (Wildman–Crippen MR) is 173 cm³/mol. The molecule has 0 radical (unpaired) electrons. The van der Waals surface area contributed by atoms with Gasteiger partial charge in [0.05, 0.1) is 0 Å². The Morgan fingerprint density at radius 3 is 0.875 bits per heavy atom. The van der Waals surface area contributed by atoms with Gasteiger partial charge in [-0.25, -0.2) is 0 Å². The molecule has 186 valence electrons. The van der Waals surface area contributed by atoms with E-state index in [1.807, 2.05) is 0 Å². The molecule has 0 aliphatic rings. The highest BCUT2D eigenvalue weighted by Gasteiger charge is 2.07. The SMILES string of the molecule is c1ccc2c(c1)ccc1ccc(-c3ccc(-c4ccc(-c5ccc6ccc7ccccc7c6c5)cc4)cc3)cc12. The number of rotatable bonds is 3. The second-order valence-corrected chi connectivity index (χ2v) is 10.6. The first-order valence-corrected chi connectivity index (χ1v) is 13.8. The number of fused-ring (bicyclic) bond motifs is 6.